The summed E-state index contributed by atoms with van der Waals surface area (Å²) in [5, 5.41) is 16.5. The van der Waals surface area contributed by atoms with Crippen LogP contribution in [0.5, 0.6) is 0 Å². The van der Waals surface area contributed by atoms with Gasteiger partial charge in [-0.2, -0.15) is 5.10 Å². The molecule has 0 aromatic carbocycles. The van der Waals surface area contributed by atoms with Crippen molar-refractivity contribution in [3.63, 3.8) is 0 Å². The molecule has 2 N–H and O–H groups in total. The van der Waals surface area contributed by atoms with Crippen LogP contribution in [0.4, 0.5) is 0 Å². The summed E-state index contributed by atoms with van der Waals surface area (Å²) < 4.78 is 6.19. The lowest BCUT2D eigenvalue weighted by Gasteiger charge is -2.10. The minimum Gasteiger partial charge on any atom is -0.389 e. The van der Waals surface area contributed by atoms with E-state index in [1.54, 1.807) is 13.1 Å². The van der Waals surface area contributed by atoms with Crippen LogP contribution in [0.3, 0.4) is 0 Å². The van der Waals surface area contributed by atoms with Crippen LogP contribution < -0.4 is 5.32 Å². The smallest absolute Gasteiger partial charge is 0.241 e. The molecule has 1 aromatic rings. The molecule has 7 heteroatoms. The van der Waals surface area contributed by atoms with Gasteiger partial charge in [-0.25, -0.2) is 0 Å². The number of halogens is 1. The second-order valence-electron chi connectivity index (χ2n) is 3.67. The predicted molar refractivity (Wildman–Crippen MR) is 62.9 cm³/mol. The lowest BCUT2D eigenvalue weighted by molar-refractivity contribution is -0.122. The monoisotopic (exact) mass is 261 g/mol. The van der Waals surface area contributed by atoms with Gasteiger partial charge in [0.1, 0.15) is 6.54 Å². The van der Waals surface area contributed by atoms with Crippen molar-refractivity contribution in [3.8, 4) is 0 Å². The van der Waals surface area contributed by atoms with Crippen LogP contribution in [0.25, 0.3) is 0 Å². The Morgan fingerprint density at radius 2 is 2.47 bits per heavy atom. The van der Waals surface area contributed by atoms with Crippen LogP contribution in [0.1, 0.15) is 5.69 Å². The number of ether oxygens (including phenoxy) is 1. The molecule has 17 heavy (non-hydrogen) atoms. The van der Waals surface area contributed by atoms with E-state index in [0.717, 1.165) is 0 Å². The summed E-state index contributed by atoms with van der Waals surface area (Å²) in [5.41, 5.74) is 0.680. The minimum absolute atomic E-state index is 0.0766. The summed E-state index contributed by atoms with van der Waals surface area (Å²) in [7, 11) is 1.49. The highest BCUT2D eigenvalue weighted by atomic mass is 35.5. The van der Waals surface area contributed by atoms with Crippen LogP contribution in [0.15, 0.2) is 6.20 Å². The third-order valence-corrected chi connectivity index (χ3v) is 2.46. The molecule has 0 aliphatic carbocycles. The molecular formula is C10H16ClN3O3. The van der Waals surface area contributed by atoms with Crippen LogP contribution in [0.2, 0.25) is 5.02 Å². The summed E-state index contributed by atoms with van der Waals surface area (Å²) >= 11 is 5.81. The van der Waals surface area contributed by atoms with E-state index < -0.39 is 6.10 Å². The zero-order valence-electron chi connectivity index (χ0n) is 9.81. The van der Waals surface area contributed by atoms with Crippen LogP contribution in [-0.4, -0.2) is 47.2 Å². The highest BCUT2D eigenvalue weighted by Gasteiger charge is 2.09. The first kappa shape index (κ1) is 14.0. The Morgan fingerprint density at radius 3 is 3.00 bits per heavy atom. The molecule has 0 fully saturated rings. The zero-order chi connectivity index (χ0) is 12.8. The topological polar surface area (TPSA) is 76.4 Å². The Bertz CT molecular complexity index is 361. The fraction of sp³-hybridized carbons (Fsp3) is 0.600. The molecule has 0 aliphatic heterocycles. The number of aromatic nitrogens is 2. The molecule has 1 rings (SSSR count). The maximum Gasteiger partial charge on any atom is 0.241 e. The standard InChI is InChI=1S/C10H16ClN3O3/c1-7-9(11)4-14(13-7)5-10(16)12-3-8(15)6-17-2/h4,8,15H,3,5-6H2,1-2H3,(H,12,16). The maximum absolute atomic E-state index is 11.5. The number of hydrogen-bond acceptors (Lipinski definition) is 4. The van der Waals surface area contributed by atoms with Gasteiger partial charge in [-0.15, -0.1) is 0 Å². The van der Waals surface area contributed by atoms with E-state index in [4.69, 9.17) is 16.3 Å². The van der Waals surface area contributed by atoms with Gasteiger partial charge in [0, 0.05) is 19.9 Å². The molecule has 1 unspecified atom stereocenters. The van der Waals surface area contributed by atoms with Crippen molar-refractivity contribution in [2.45, 2.75) is 19.6 Å². The minimum atomic E-state index is -0.702. The second kappa shape index (κ2) is 6.58. The highest BCUT2D eigenvalue weighted by Crippen LogP contribution is 2.11. The molecule has 0 spiro atoms. The Morgan fingerprint density at radius 1 is 1.76 bits per heavy atom. The first-order valence-electron chi connectivity index (χ1n) is 5.16. The van der Waals surface area contributed by atoms with Crippen molar-refractivity contribution < 1.29 is 14.6 Å². The van der Waals surface area contributed by atoms with Gasteiger partial charge in [0.2, 0.25) is 5.91 Å². The summed E-state index contributed by atoms with van der Waals surface area (Å²) in [6.45, 7) is 2.18. The molecule has 96 valence electrons. The molecule has 1 atom stereocenters. The number of aliphatic hydroxyl groups is 1. The van der Waals surface area contributed by atoms with Gasteiger partial charge in [-0.1, -0.05) is 11.6 Å². The number of hydrogen-bond donors (Lipinski definition) is 2. The van der Waals surface area contributed by atoms with Crippen LogP contribution in [-0.2, 0) is 16.1 Å². The fourth-order valence-electron chi connectivity index (χ4n) is 1.26. The van der Waals surface area contributed by atoms with Gasteiger partial charge in [0.05, 0.1) is 23.4 Å². The number of nitrogens with one attached hydrogen (secondary N) is 1. The van der Waals surface area contributed by atoms with E-state index in [-0.39, 0.29) is 25.6 Å². The molecule has 1 heterocycles. The maximum atomic E-state index is 11.5. The average molecular weight is 262 g/mol. The molecule has 0 saturated heterocycles. The van der Waals surface area contributed by atoms with Gasteiger partial charge in [0.25, 0.3) is 0 Å². The summed E-state index contributed by atoms with van der Waals surface area (Å²) in [4.78, 5) is 11.5. The van der Waals surface area contributed by atoms with E-state index in [1.807, 2.05) is 0 Å². The molecular weight excluding hydrogens is 246 g/mol. The van der Waals surface area contributed by atoms with Crippen molar-refractivity contribution in [1.29, 1.82) is 0 Å². The number of nitrogens with zero attached hydrogens (tertiary/aromatic N) is 2. The SMILES string of the molecule is COCC(O)CNC(=O)Cn1cc(Cl)c(C)n1. The van der Waals surface area contributed by atoms with E-state index in [0.29, 0.717) is 10.7 Å². The van der Waals surface area contributed by atoms with E-state index >= 15 is 0 Å². The number of carbonyl (C=O) groups is 1. The van der Waals surface area contributed by atoms with Crippen molar-refractivity contribution in [1.82, 2.24) is 15.1 Å². The Balaban J connectivity index is 2.34. The van der Waals surface area contributed by atoms with E-state index in [9.17, 15) is 9.90 Å². The number of amides is 1. The normalized spacial score (nSPS) is 12.5. The number of rotatable bonds is 6. The van der Waals surface area contributed by atoms with E-state index in [1.165, 1.54) is 11.8 Å². The molecule has 1 aromatic heterocycles. The quantitative estimate of drug-likeness (QED) is 0.754. The Hall–Kier alpha value is -1.11. The molecule has 0 aliphatic rings. The van der Waals surface area contributed by atoms with Crippen molar-refractivity contribution in [2.24, 2.45) is 0 Å². The van der Waals surface area contributed by atoms with Gasteiger partial charge >= 0.3 is 0 Å². The summed E-state index contributed by atoms with van der Waals surface area (Å²) in [6, 6.07) is 0. The summed E-state index contributed by atoms with van der Waals surface area (Å²) in [5.74, 6) is -0.237. The first-order chi connectivity index (χ1) is 8.02. The first-order valence-corrected chi connectivity index (χ1v) is 5.54. The van der Waals surface area contributed by atoms with Crippen molar-refractivity contribution >= 4 is 17.5 Å². The molecule has 6 nitrogen and oxygen atoms in total. The molecule has 0 saturated carbocycles. The highest BCUT2D eigenvalue weighted by molar-refractivity contribution is 6.31. The van der Waals surface area contributed by atoms with Gasteiger partial charge in [0.15, 0.2) is 0 Å². The third kappa shape index (κ3) is 4.72. The third-order valence-electron chi connectivity index (χ3n) is 2.09. The lowest BCUT2D eigenvalue weighted by atomic mass is 10.4. The Labute approximate surface area is 105 Å². The Kier molecular flexibility index (Phi) is 5.40. The van der Waals surface area contributed by atoms with Crippen LogP contribution in [0, 0.1) is 6.92 Å². The average Bonchev–Trinajstić information content (AvgIpc) is 2.55. The number of aryl methyl sites for hydroxylation is 1. The number of carbonyl (C=O) groups excluding carboxylic acids is 1. The van der Waals surface area contributed by atoms with Gasteiger partial charge < -0.3 is 15.2 Å². The summed E-state index contributed by atoms with van der Waals surface area (Å²) in [6.07, 6.45) is 0.883. The molecule has 1 amide bonds. The lowest BCUT2D eigenvalue weighted by Crippen LogP contribution is -2.36. The predicted octanol–water partition coefficient (Wildman–Crippen LogP) is -0.0316. The van der Waals surface area contributed by atoms with Crippen molar-refractivity contribution in [3.05, 3.63) is 16.9 Å². The van der Waals surface area contributed by atoms with E-state index in [2.05, 4.69) is 10.4 Å². The second-order valence-corrected chi connectivity index (χ2v) is 4.08. The van der Waals surface area contributed by atoms with Gasteiger partial charge in [-0.3, -0.25) is 9.48 Å². The largest absolute Gasteiger partial charge is 0.389 e. The van der Waals surface area contributed by atoms with Gasteiger partial charge in [-0.05, 0) is 6.92 Å². The number of aliphatic hydroxyl groups excluding tert-OH is 1. The van der Waals surface area contributed by atoms with Crippen molar-refractivity contribution in [2.75, 3.05) is 20.3 Å². The molecule has 0 radical (unpaired) electrons. The number of methoxy groups -OCH3 is 1. The van der Waals surface area contributed by atoms with Crippen LogP contribution >= 0.6 is 11.6 Å². The molecule has 0 bridgehead atoms. The fourth-order valence-corrected chi connectivity index (χ4v) is 1.41. The zero-order valence-corrected chi connectivity index (χ0v) is 10.6.